The third-order valence-corrected chi connectivity index (χ3v) is 3.28. The van der Waals surface area contributed by atoms with Gasteiger partial charge in [-0.3, -0.25) is 4.68 Å². The molecular formula is C17H24N4O2. The molecule has 124 valence electrons. The number of amides is 2. The molecule has 0 saturated heterocycles. The summed E-state index contributed by atoms with van der Waals surface area (Å²) in [6, 6.07) is 7.40. The Morgan fingerprint density at radius 2 is 2.00 bits per heavy atom. The summed E-state index contributed by atoms with van der Waals surface area (Å²) in [6.45, 7) is 6.30. The number of likely N-dealkylation sites (N-methyl/N-ethyl adjacent to an activating group) is 1. The number of aromatic nitrogens is 2. The lowest BCUT2D eigenvalue weighted by atomic mass is 10.1. The third-order valence-electron chi connectivity index (χ3n) is 3.28. The van der Waals surface area contributed by atoms with E-state index in [9.17, 15) is 9.90 Å². The summed E-state index contributed by atoms with van der Waals surface area (Å²) in [5.41, 5.74) is 2.04. The fraction of sp³-hybridized carbons (Fsp3) is 0.412. The van der Waals surface area contributed by atoms with Gasteiger partial charge in [0.05, 0.1) is 24.9 Å². The van der Waals surface area contributed by atoms with Gasteiger partial charge in [0.15, 0.2) is 0 Å². The number of nitrogens with one attached hydrogen (secondary N) is 1. The SMILES string of the molecule is Cc1cnn(Cc2ccc(NC(=O)N(C)CC(C)(C)O)cc2)c1. The van der Waals surface area contributed by atoms with Crippen LogP contribution in [0.25, 0.3) is 0 Å². The van der Waals surface area contributed by atoms with E-state index in [0.717, 1.165) is 16.8 Å². The molecule has 0 unspecified atom stereocenters. The lowest BCUT2D eigenvalue weighted by Crippen LogP contribution is -2.41. The van der Waals surface area contributed by atoms with E-state index in [1.54, 1.807) is 20.9 Å². The van der Waals surface area contributed by atoms with Crippen molar-refractivity contribution < 1.29 is 9.90 Å². The number of anilines is 1. The largest absolute Gasteiger partial charge is 0.389 e. The van der Waals surface area contributed by atoms with Gasteiger partial charge in [-0.2, -0.15) is 5.10 Å². The Hall–Kier alpha value is -2.34. The van der Waals surface area contributed by atoms with Crippen LogP contribution in [0.5, 0.6) is 0 Å². The molecule has 0 aliphatic carbocycles. The van der Waals surface area contributed by atoms with E-state index in [2.05, 4.69) is 10.4 Å². The number of hydrogen-bond donors (Lipinski definition) is 2. The van der Waals surface area contributed by atoms with Crippen molar-refractivity contribution in [3.8, 4) is 0 Å². The quantitative estimate of drug-likeness (QED) is 0.890. The molecule has 2 amide bonds. The number of carbonyl (C=O) groups is 1. The number of aliphatic hydroxyl groups is 1. The Kier molecular flexibility index (Phi) is 5.05. The standard InChI is InChI=1S/C17H24N4O2/c1-13-9-18-21(10-13)11-14-5-7-15(8-6-14)19-16(22)20(4)12-17(2,3)23/h5-10,23H,11-12H2,1-4H3,(H,19,22). The first-order chi connectivity index (χ1) is 10.7. The van der Waals surface area contributed by atoms with Gasteiger partial charge in [-0.05, 0) is 44.0 Å². The van der Waals surface area contributed by atoms with Crippen LogP contribution >= 0.6 is 0 Å². The Balaban J connectivity index is 1.93. The number of hydrogen-bond acceptors (Lipinski definition) is 3. The first-order valence-corrected chi connectivity index (χ1v) is 7.55. The Morgan fingerprint density at radius 1 is 1.35 bits per heavy atom. The second-order valence-corrected chi connectivity index (χ2v) is 6.51. The maximum absolute atomic E-state index is 12.1. The van der Waals surface area contributed by atoms with Gasteiger partial charge in [0.1, 0.15) is 0 Å². The van der Waals surface area contributed by atoms with Gasteiger partial charge in [-0.1, -0.05) is 12.1 Å². The number of aryl methyl sites for hydroxylation is 1. The number of benzene rings is 1. The predicted molar refractivity (Wildman–Crippen MR) is 90.5 cm³/mol. The predicted octanol–water partition coefficient (Wildman–Crippen LogP) is 2.47. The van der Waals surface area contributed by atoms with Crippen molar-refractivity contribution in [2.24, 2.45) is 0 Å². The highest BCUT2D eigenvalue weighted by atomic mass is 16.3. The van der Waals surface area contributed by atoms with Crippen molar-refractivity contribution in [2.75, 3.05) is 18.9 Å². The molecule has 0 fully saturated rings. The Bertz CT molecular complexity index is 656. The summed E-state index contributed by atoms with van der Waals surface area (Å²) >= 11 is 0. The zero-order valence-electron chi connectivity index (χ0n) is 14.1. The highest BCUT2D eigenvalue weighted by Crippen LogP contribution is 2.12. The zero-order valence-corrected chi connectivity index (χ0v) is 14.1. The zero-order chi connectivity index (χ0) is 17.0. The second-order valence-electron chi connectivity index (χ2n) is 6.51. The summed E-state index contributed by atoms with van der Waals surface area (Å²) in [5.74, 6) is 0. The van der Waals surface area contributed by atoms with Crippen LogP contribution in [0.3, 0.4) is 0 Å². The van der Waals surface area contributed by atoms with Gasteiger partial charge < -0.3 is 15.3 Å². The van der Waals surface area contributed by atoms with Crippen LogP contribution < -0.4 is 5.32 Å². The maximum Gasteiger partial charge on any atom is 0.321 e. The summed E-state index contributed by atoms with van der Waals surface area (Å²) in [4.78, 5) is 13.5. The topological polar surface area (TPSA) is 70.4 Å². The van der Waals surface area contributed by atoms with E-state index >= 15 is 0 Å². The van der Waals surface area contributed by atoms with Crippen molar-refractivity contribution >= 4 is 11.7 Å². The number of carbonyl (C=O) groups excluding carboxylic acids is 1. The maximum atomic E-state index is 12.1. The van der Waals surface area contributed by atoms with Crippen LogP contribution in [-0.2, 0) is 6.54 Å². The van der Waals surface area contributed by atoms with Crippen LogP contribution in [0, 0.1) is 6.92 Å². The van der Waals surface area contributed by atoms with Crippen LogP contribution in [0.4, 0.5) is 10.5 Å². The third kappa shape index (κ3) is 5.41. The van der Waals surface area contributed by atoms with Crippen molar-refractivity contribution in [3.63, 3.8) is 0 Å². The van der Waals surface area contributed by atoms with Gasteiger partial charge in [0.2, 0.25) is 0 Å². The fourth-order valence-corrected chi connectivity index (χ4v) is 2.31. The van der Waals surface area contributed by atoms with Crippen LogP contribution in [0.2, 0.25) is 0 Å². The van der Waals surface area contributed by atoms with E-state index in [1.807, 2.05) is 48.3 Å². The normalized spacial score (nSPS) is 11.3. The molecule has 0 saturated carbocycles. The molecule has 23 heavy (non-hydrogen) atoms. The first-order valence-electron chi connectivity index (χ1n) is 7.55. The van der Waals surface area contributed by atoms with Gasteiger partial charge in [0, 0.05) is 18.9 Å². The van der Waals surface area contributed by atoms with Crippen molar-refractivity contribution in [1.29, 1.82) is 0 Å². The second kappa shape index (κ2) is 6.83. The molecule has 1 aromatic heterocycles. The molecule has 0 aliphatic rings. The average molecular weight is 316 g/mol. The molecule has 2 rings (SSSR count). The molecular weight excluding hydrogens is 292 g/mol. The number of nitrogens with zero attached hydrogens (tertiary/aromatic N) is 3. The molecule has 0 atom stereocenters. The number of rotatable bonds is 5. The van der Waals surface area contributed by atoms with Crippen molar-refractivity contribution in [3.05, 3.63) is 47.8 Å². The fourth-order valence-electron chi connectivity index (χ4n) is 2.31. The Morgan fingerprint density at radius 3 is 2.52 bits per heavy atom. The van der Waals surface area contributed by atoms with Gasteiger partial charge in [-0.25, -0.2) is 4.79 Å². The average Bonchev–Trinajstić information content (AvgIpc) is 2.84. The Labute approximate surface area is 136 Å². The van der Waals surface area contributed by atoms with Crippen LogP contribution in [0.15, 0.2) is 36.7 Å². The lowest BCUT2D eigenvalue weighted by molar-refractivity contribution is 0.0550. The molecule has 6 heteroatoms. The van der Waals surface area contributed by atoms with Gasteiger partial charge in [0.25, 0.3) is 0 Å². The van der Waals surface area contributed by atoms with E-state index < -0.39 is 5.60 Å². The van der Waals surface area contributed by atoms with Crippen LogP contribution in [0.1, 0.15) is 25.0 Å². The minimum atomic E-state index is -0.919. The molecule has 0 aliphatic heterocycles. The molecule has 1 heterocycles. The molecule has 0 spiro atoms. The van der Waals surface area contributed by atoms with E-state index in [-0.39, 0.29) is 12.6 Å². The first kappa shape index (κ1) is 17.0. The van der Waals surface area contributed by atoms with E-state index in [0.29, 0.717) is 6.54 Å². The van der Waals surface area contributed by atoms with E-state index in [4.69, 9.17) is 0 Å². The highest BCUT2D eigenvalue weighted by molar-refractivity contribution is 5.89. The van der Waals surface area contributed by atoms with E-state index in [1.165, 1.54) is 4.90 Å². The smallest absolute Gasteiger partial charge is 0.321 e. The molecule has 0 radical (unpaired) electrons. The van der Waals surface area contributed by atoms with Gasteiger partial charge in [-0.15, -0.1) is 0 Å². The molecule has 6 nitrogen and oxygen atoms in total. The monoisotopic (exact) mass is 316 g/mol. The molecule has 1 aromatic carbocycles. The molecule has 2 N–H and O–H groups in total. The summed E-state index contributed by atoms with van der Waals surface area (Å²) in [5, 5.41) is 16.8. The highest BCUT2D eigenvalue weighted by Gasteiger charge is 2.19. The summed E-state index contributed by atoms with van der Waals surface area (Å²) in [6.07, 6.45) is 3.81. The minimum Gasteiger partial charge on any atom is -0.389 e. The summed E-state index contributed by atoms with van der Waals surface area (Å²) < 4.78 is 1.88. The molecule has 2 aromatic rings. The number of urea groups is 1. The van der Waals surface area contributed by atoms with Crippen molar-refractivity contribution in [1.82, 2.24) is 14.7 Å². The lowest BCUT2D eigenvalue weighted by Gasteiger charge is -2.25. The minimum absolute atomic E-state index is 0.248. The molecule has 0 bridgehead atoms. The van der Waals surface area contributed by atoms with Crippen molar-refractivity contribution in [2.45, 2.75) is 32.9 Å². The van der Waals surface area contributed by atoms with Crippen LogP contribution in [-0.4, -0.2) is 45.0 Å². The van der Waals surface area contributed by atoms with Gasteiger partial charge >= 0.3 is 6.03 Å². The summed E-state index contributed by atoms with van der Waals surface area (Å²) in [7, 11) is 1.65.